The Labute approximate surface area is 103 Å². The molecule has 4 N–H and O–H groups in total. The third-order valence-corrected chi connectivity index (χ3v) is 2.50. The van der Waals surface area contributed by atoms with E-state index in [1.807, 2.05) is 0 Å². The zero-order valence-corrected chi connectivity index (χ0v) is 9.89. The molecule has 0 aromatic carbocycles. The molecule has 8 heteroatoms. The lowest BCUT2D eigenvalue weighted by molar-refractivity contribution is -0.0871. The van der Waals surface area contributed by atoms with Crippen LogP contribution in [0.5, 0.6) is 0 Å². The average molecular weight is 253 g/mol. The minimum atomic E-state index is -0.675. The Morgan fingerprint density at radius 3 is 2.78 bits per heavy atom. The minimum absolute atomic E-state index is 0.139. The molecule has 0 aliphatic rings. The summed E-state index contributed by atoms with van der Waals surface area (Å²) in [6, 6.07) is 0. The maximum absolute atomic E-state index is 9.34. The first kappa shape index (κ1) is 12.7. The van der Waals surface area contributed by atoms with Gasteiger partial charge in [-0.1, -0.05) is 0 Å². The number of aromatic nitrogens is 4. The summed E-state index contributed by atoms with van der Waals surface area (Å²) in [5.74, 6) is 0.269. The fraction of sp³-hybridized carbons (Fsp3) is 0.500. The van der Waals surface area contributed by atoms with Gasteiger partial charge in [0.1, 0.15) is 11.8 Å². The topological polar surface area (TPSA) is 119 Å². The summed E-state index contributed by atoms with van der Waals surface area (Å²) in [4.78, 5) is 12.0. The highest BCUT2D eigenvalue weighted by atomic mass is 16.5. The number of hydrogen-bond acceptors (Lipinski definition) is 7. The number of nitrogens with zero attached hydrogens (tertiary/aromatic N) is 4. The summed E-state index contributed by atoms with van der Waals surface area (Å²) in [5, 5.41) is 18.3. The Hall–Kier alpha value is -1.77. The molecule has 2 rings (SSSR count). The van der Waals surface area contributed by atoms with E-state index in [2.05, 4.69) is 15.0 Å². The standard InChI is InChI=1S/C10H15N5O3/c1-6(2-16)18-7(3-17)15-5-14-8-9(11)12-4-13-10(8)15/h4-7,16-17H,2-3H2,1H3,(H2,11,12,13)/t6-,7+/m1/s1. The SMILES string of the molecule is C[C@H](CO)O[C@@H](CO)n1cnc2c(N)ncnc21. The third kappa shape index (κ3) is 2.26. The Morgan fingerprint density at radius 1 is 1.33 bits per heavy atom. The third-order valence-electron chi connectivity index (χ3n) is 2.50. The van der Waals surface area contributed by atoms with Crippen LogP contribution < -0.4 is 5.73 Å². The van der Waals surface area contributed by atoms with Gasteiger partial charge in [0.25, 0.3) is 0 Å². The summed E-state index contributed by atoms with van der Waals surface area (Å²) in [6.45, 7) is 1.30. The summed E-state index contributed by atoms with van der Waals surface area (Å²) >= 11 is 0. The predicted molar refractivity (Wildman–Crippen MR) is 63.5 cm³/mol. The van der Waals surface area contributed by atoms with Crippen LogP contribution >= 0.6 is 0 Å². The summed E-state index contributed by atoms with van der Waals surface area (Å²) in [6.07, 6.45) is 1.71. The van der Waals surface area contributed by atoms with Crippen molar-refractivity contribution in [3.8, 4) is 0 Å². The van der Waals surface area contributed by atoms with Crippen LogP contribution in [0.25, 0.3) is 11.2 Å². The molecule has 0 amide bonds. The fourth-order valence-corrected chi connectivity index (χ4v) is 1.59. The number of nitrogen functional groups attached to an aromatic ring is 1. The van der Waals surface area contributed by atoms with E-state index in [1.165, 1.54) is 12.7 Å². The van der Waals surface area contributed by atoms with Gasteiger partial charge in [0.2, 0.25) is 0 Å². The van der Waals surface area contributed by atoms with Crippen molar-refractivity contribution >= 4 is 17.0 Å². The van der Waals surface area contributed by atoms with Crippen LogP contribution in [-0.4, -0.2) is 49.0 Å². The molecular weight excluding hydrogens is 238 g/mol. The predicted octanol–water partition coefficient (Wildman–Crippen LogP) is -0.703. The van der Waals surface area contributed by atoms with Gasteiger partial charge in [-0.3, -0.25) is 4.57 Å². The fourth-order valence-electron chi connectivity index (χ4n) is 1.59. The molecule has 0 saturated carbocycles. The van der Waals surface area contributed by atoms with Gasteiger partial charge in [0, 0.05) is 0 Å². The molecular formula is C10H15N5O3. The van der Waals surface area contributed by atoms with Gasteiger partial charge in [-0.2, -0.15) is 0 Å². The first-order valence-corrected chi connectivity index (χ1v) is 5.47. The zero-order valence-electron chi connectivity index (χ0n) is 9.89. The number of anilines is 1. The lowest BCUT2D eigenvalue weighted by atomic mass is 10.4. The van der Waals surface area contributed by atoms with Crippen molar-refractivity contribution in [1.82, 2.24) is 19.5 Å². The quantitative estimate of drug-likeness (QED) is 0.644. The van der Waals surface area contributed by atoms with Crippen molar-refractivity contribution in [2.24, 2.45) is 0 Å². The van der Waals surface area contributed by atoms with E-state index >= 15 is 0 Å². The van der Waals surface area contributed by atoms with E-state index in [1.54, 1.807) is 11.5 Å². The van der Waals surface area contributed by atoms with Crippen LogP contribution in [0.2, 0.25) is 0 Å². The highest BCUT2D eigenvalue weighted by Crippen LogP contribution is 2.20. The highest BCUT2D eigenvalue weighted by Gasteiger charge is 2.18. The van der Waals surface area contributed by atoms with E-state index in [4.69, 9.17) is 15.6 Å². The lowest BCUT2D eigenvalue weighted by Gasteiger charge is -2.20. The molecule has 2 aromatic rings. The monoisotopic (exact) mass is 253 g/mol. The van der Waals surface area contributed by atoms with E-state index < -0.39 is 12.3 Å². The van der Waals surface area contributed by atoms with Gasteiger partial charge in [0.15, 0.2) is 17.7 Å². The molecule has 8 nitrogen and oxygen atoms in total. The second-order valence-electron chi connectivity index (χ2n) is 3.85. The van der Waals surface area contributed by atoms with Gasteiger partial charge in [-0.25, -0.2) is 15.0 Å². The smallest absolute Gasteiger partial charge is 0.167 e. The van der Waals surface area contributed by atoms with Crippen molar-refractivity contribution in [2.75, 3.05) is 18.9 Å². The normalized spacial score (nSPS) is 14.8. The van der Waals surface area contributed by atoms with Crippen molar-refractivity contribution in [3.05, 3.63) is 12.7 Å². The Balaban J connectivity index is 2.37. The minimum Gasteiger partial charge on any atom is -0.394 e. The molecule has 0 fully saturated rings. The number of imidazole rings is 1. The Bertz CT molecular complexity index is 529. The molecule has 0 bridgehead atoms. The molecule has 2 heterocycles. The molecule has 0 spiro atoms. The van der Waals surface area contributed by atoms with Crippen LogP contribution in [0, 0.1) is 0 Å². The number of aliphatic hydroxyl groups excluding tert-OH is 2. The maximum atomic E-state index is 9.34. The zero-order chi connectivity index (χ0) is 13.1. The van der Waals surface area contributed by atoms with Gasteiger partial charge in [-0.05, 0) is 6.92 Å². The van der Waals surface area contributed by atoms with Crippen LogP contribution in [-0.2, 0) is 4.74 Å². The number of hydrogen-bond donors (Lipinski definition) is 3. The van der Waals surface area contributed by atoms with Crippen molar-refractivity contribution in [1.29, 1.82) is 0 Å². The first-order valence-electron chi connectivity index (χ1n) is 5.47. The van der Waals surface area contributed by atoms with Gasteiger partial charge in [-0.15, -0.1) is 0 Å². The van der Waals surface area contributed by atoms with Crippen LogP contribution in [0.15, 0.2) is 12.7 Å². The van der Waals surface area contributed by atoms with Crippen LogP contribution in [0.4, 0.5) is 5.82 Å². The number of aliphatic hydroxyl groups is 2. The molecule has 0 aliphatic heterocycles. The molecule has 0 unspecified atom stereocenters. The van der Waals surface area contributed by atoms with E-state index in [9.17, 15) is 5.11 Å². The highest BCUT2D eigenvalue weighted by molar-refractivity contribution is 5.81. The van der Waals surface area contributed by atoms with E-state index in [0.29, 0.717) is 11.2 Å². The number of nitrogens with two attached hydrogens (primary N) is 1. The van der Waals surface area contributed by atoms with Gasteiger partial charge >= 0.3 is 0 Å². The Morgan fingerprint density at radius 2 is 2.11 bits per heavy atom. The van der Waals surface area contributed by atoms with Gasteiger partial charge in [0.05, 0.1) is 25.6 Å². The van der Waals surface area contributed by atoms with Crippen LogP contribution in [0.1, 0.15) is 13.2 Å². The molecule has 98 valence electrons. The lowest BCUT2D eigenvalue weighted by Crippen LogP contribution is -2.24. The molecule has 0 saturated heterocycles. The summed E-state index contributed by atoms with van der Waals surface area (Å²) < 4.78 is 7.02. The van der Waals surface area contributed by atoms with E-state index in [0.717, 1.165) is 0 Å². The maximum Gasteiger partial charge on any atom is 0.167 e. The van der Waals surface area contributed by atoms with Crippen molar-refractivity contribution in [2.45, 2.75) is 19.3 Å². The second kappa shape index (κ2) is 5.25. The first-order chi connectivity index (χ1) is 8.67. The van der Waals surface area contributed by atoms with Crippen molar-refractivity contribution in [3.63, 3.8) is 0 Å². The number of rotatable bonds is 5. The van der Waals surface area contributed by atoms with Crippen LogP contribution in [0.3, 0.4) is 0 Å². The number of ether oxygens (including phenoxy) is 1. The van der Waals surface area contributed by atoms with E-state index in [-0.39, 0.29) is 19.0 Å². The van der Waals surface area contributed by atoms with Crippen molar-refractivity contribution < 1.29 is 14.9 Å². The molecule has 2 aromatic heterocycles. The Kier molecular flexibility index (Phi) is 3.70. The number of fused-ring (bicyclic) bond motifs is 1. The average Bonchev–Trinajstić information content (AvgIpc) is 2.81. The molecule has 0 aliphatic carbocycles. The summed E-state index contributed by atoms with van der Waals surface area (Å²) in [7, 11) is 0. The second-order valence-corrected chi connectivity index (χ2v) is 3.85. The molecule has 2 atom stereocenters. The molecule has 18 heavy (non-hydrogen) atoms. The summed E-state index contributed by atoms with van der Waals surface area (Å²) in [5.41, 5.74) is 6.60. The largest absolute Gasteiger partial charge is 0.394 e. The molecule has 0 radical (unpaired) electrons. The van der Waals surface area contributed by atoms with Gasteiger partial charge < -0.3 is 20.7 Å².